The average molecular weight is 1280 g/mol. The number of hydrogen-bond acceptors (Lipinski definition) is 24. The van der Waals surface area contributed by atoms with E-state index in [2.05, 4.69) is 41.5 Å². The number of nitrogens with one attached hydrogen (secondary N) is 5. The number of rotatable bonds is 11. The number of likely N-dealkylation sites (tertiary alicyclic amines) is 1. The molecule has 1 aromatic carbocycles. The van der Waals surface area contributed by atoms with Crippen molar-refractivity contribution in [2.75, 3.05) is 33.9 Å². The average Bonchev–Trinajstić information content (AvgIpc) is 4.06. The predicted octanol–water partition coefficient (Wildman–Crippen LogP) is 5.63. The van der Waals surface area contributed by atoms with Crippen molar-refractivity contribution in [1.82, 2.24) is 66.4 Å². The van der Waals surface area contributed by atoms with E-state index in [0.717, 1.165) is 22.7 Å². The number of aliphatic hydroxyl groups excluding tert-OH is 1. The van der Waals surface area contributed by atoms with Gasteiger partial charge in [-0.15, -0.1) is 68.0 Å². The maximum absolute atomic E-state index is 14.3. The number of carbonyl (C=O) groups is 7. The van der Waals surface area contributed by atoms with Crippen LogP contribution >= 0.6 is 68.0 Å². The van der Waals surface area contributed by atoms with Gasteiger partial charge in [-0.2, -0.15) is 0 Å². The Morgan fingerprint density at radius 2 is 1.42 bits per heavy atom. The number of nitrogens with zero attached hydrogens (tertiary/aromatic N) is 9. The standard InChI is InChI=1S/C55H53N15O10S6/c1-24(2)39-54-69-41(36(86-54)18-79-4)47(77)58-16-38(72)67-42(43(73)25-9-6-5-7-10-25)53-66-34(23-85-53)52-62-30(19-82-52)40-26(49-63-31(20-81-49)45(75)60-28(15-37(71)57-3)51-64-32(21-83-51)46(76)68-39)12-13-27(59-40)50-65-33(22-84-50)48-61-29(17-80-48)55(78)70-14-8-11-35(70)44(56)74/h5-7,9-10,12-13,19-24,28-29,35,39,42-43,73H,8,11,14-18H2,1-4H3,(H2,56,74)(H,57,71)(H,58,77)(H,60,75)(H,67,72)(H,68,76)/t28-,29+,35-,39+,42+,43+/m0/s1. The molecule has 8 aromatic rings. The lowest BCUT2D eigenvalue weighted by atomic mass is 10.0. The van der Waals surface area contributed by atoms with Gasteiger partial charge in [0.1, 0.15) is 94.7 Å². The molecule has 1 saturated heterocycles. The molecule has 6 atom stereocenters. The highest BCUT2D eigenvalue weighted by atomic mass is 32.1. The fourth-order valence-corrected chi connectivity index (χ4v) is 15.0. The summed E-state index contributed by atoms with van der Waals surface area (Å²) in [6, 6.07) is 7.92. The number of aromatic nitrogens is 7. The normalized spacial score (nSPS) is 19.6. The number of methoxy groups -OCH3 is 1. The van der Waals surface area contributed by atoms with Crippen molar-refractivity contribution in [3.05, 3.63) is 118 Å². The van der Waals surface area contributed by atoms with Crippen LogP contribution in [-0.4, -0.2) is 138 Å². The van der Waals surface area contributed by atoms with E-state index < -0.39 is 78.3 Å². The molecule has 0 aliphatic carbocycles. The molecule has 3 aliphatic rings. The molecule has 7 aromatic heterocycles. The number of nitrogens with two attached hydrogens (primary N) is 1. The quantitative estimate of drug-likeness (QED) is 0.0825. The van der Waals surface area contributed by atoms with Crippen LogP contribution in [0.2, 0.25) is 0 Å². The fourth-order valence-electron chi connectivity index (χ4n) is 9.62. The molecular weight excluding hydrogens is 1220 g/mol. The van der Waals surface area contributed by atoms with Crippen LogP contribution in [0.15, 0.2) is 74.4 Å². The number of ether oxygens (including phenoxy) is 2. The van der Waals surface area contributed by atoms with E-state index in [-0.39, 0.29) is 59.4 Å². The lowest BCUT2D eigenvalue weighted by Gasteiger charge is -2.23. The van der Waals surface area contributed by atoms with Gasteiger partial charge in [-0.1, -0.05) is 44.2 Å². The van der Waals surface area contributed by atoms with Gasteiger partial charge in [-0.05, 0) is 36.5 Å². The first kappa shape index (κ1) is 59.6. The number of carbonyl (C=O) groups excluding carboxylic acids is 7. The minimum absolute atomic E-state index is 0.000262. The zero-order valence-electron chi connectivity index (χ0n) is 46.1. The Bertz CT molecular complexity index is 3930. The van der Waals surface area contributed by atoms with E-state index in [0.29, 0.717) is 88.9 Å². The first-order valence-corrected chi connectivity index (χ1v) is 32.0. The summed E-state index contributed by atoms with van der Waals surface area (Å²) in [4.78, 5) is 135. The Hall–Kier alpha value is -8.17. The van der Waals surface area contributed by atoms with Gasteiger partial charge in [-0.25, -0.2) is 39.9 Å². The molecule has 25 nitrogen and oxygen atoms in total. The molecule has 1 fully saturated rings. The van der Waals surface area contributed by atoms with Gasteiger partial charge in [0.25, 0.3) is 23.6 Å². The van der Waals surface area contributed by atoms with Crippen molar-refractivity contribution in [1.29, 1.82) is 0 Å². The predicted molar refractivity (Wildman–Crippen MR) is 322 cm³/mol. The molecule has 11 rings (SSSR count). The van der Waals surface area contributed by atoms with Gasteiger partial charge in [0.2, 0.25) is 23.6 Å². The number of primary amides is 1. The number of benzene rings is 1. The summed E-state index contributed by atoms with van der Waals surface area (Å²) in [5.74, 6) is -3.93. The topological polar surface area (TPSA) is 350 Å². The third kappa shape index (κ3) is 12.7. The molecule has 10 heterocycles. The lowest BCUT2D eigenvalue weighted by molar-refractivity contribution is -0.138. The number of hydrogen-bond donors (Lipinski definition) is 7. The number of thiazole rings is 6. The van der Waals surface area contributed by atoms with Crippen LogP contribution in [0.1, 0.15) is 120 Å². The monoisotopic (exact) mass is 1280 g/mol. The molecule has 444 valence electrons. The van der Waals surface area contributed by atoms with E-state index in [1.165, 1.54) is 69.8 Å². The van der Waals surface area contributed by atoms with E-state index >= 15 is 0 Å². The molecule has 31 heteroatoms. The summed E-state index contributed by atoms with van der Waals surface area (Å²) in [7, 11) is 2.93. The van der Waals surface area contributed by atoms with Crippen molar-refractivity contribution in [3.63, 3.8) is 0 Å². The van der Waals surface area contributed by atoms with Crippen LogP contribution in [0.5, 0.6) is 0 Å². The maximum atomic E-state index is 14.3. The second kappa shape index (κ2) is 25.8. The highest BCUT2D eigenvalue weighted by Crippen LogP contribution is 2.40. The summed E-state index contributed by atoms with van der Waals surface area (Å²) >= 11 is 7.12. The maximum Gasteiger partial charge on any atom is 0.271 e. The molecule has 0 unspecified atom stereocenters. The van der Waals surface area contributed by atoms with Crippen LogP contribution in [0.25, 0.3) is 43.4 Å². The van der Waals surface area contributed by atoms with Crippen LogP contribution in [0.3, 0.4) is 0 Å². The van der Waals surface area contributed by atoms with Crippen molar-refractivity contribution in [3.8, 4) is 43.4 Å². The van der Waals surface area contributed by atoms with Crippen molar-refractivity contribution < 1.29 is 48.1 Å². The number of aliphatic hydroxyl groups is 1. The number of fused-ring (bicyclic) bond motifs is 14. The van der Waals surface area contributed by atoms with Crippen LogP contribution < -0.4 is 32.3 Å². The molecule has 3 aliphatic heterocycles. The number of amides is 7. The second-order valence-electron chi connectivity index (χ2n) is 20.1. The highest BCUT2D eigenvalue weighted by molar-refractivity contribution is 7.15. The van der Waals surface area contributed by atoms with Gasteiger partial charge in [0.15, 0.2) is 6.04 Å². The molecule has 7 amide bonds. The van der Waals surface area contributed by atoms with Crippen molar-refractivity contribution >= 4 is 115 Å². The first-order valence-electron chi connectivity index (χ1n) is 26.8. The Labute approximate surface area is 514 Å². The molecule has 0 spiro atoms. The van der Waals surface area contributed by atoms with Gasteiger partial charge in [0.05, 0.1) is 42.2 Å². The van der Waals surface area contributed by atoms with Crippen molar-refractivity contribution in [2.24, 2.45) is 16.6 Å². The summed E-state index contributed by atoms with van der Waals surface area (Å²) in [6.45, 7) is 3.59. The van der Waals surface area contributed by atoms with Gasteiger partial charge >= 0.3 is 0 Å². The zero-order valence-corrected chi connectivity index (χ0v) is 51.0. The van der Waals surface area contributed by atoms with Crippen LogP contribution in [0, 0.1) is 5.92 Å². The molecule has 10 bridgehead atoms. The minimum atomic E-state index is -1.28. The lowest BCUT2D eigenvalue weighted by Crippen LogP contribution is -2.47. The van der Waals surface area contributed by atoms with Crippen LogP contribution in [0.4, 0.5) is 0 Å². The molecule has 0 saturated carbocycles. The summed E-state index contributed by atoms with van der Waals surface area (Å²) in [6.07, 6.45) is -0.371. The van der Waals surface area contributed by atoms with E-state index in [1.807, 2.05) is 13.8 Å². The van der Waals surface area contributed by atoms with Gasteiger partial charge in [0, 0.05) is 53.2 Å². The smallest absolute Gasteiger partial charge is 0.271 e. The molecule has 0 radical (unpaired) electrons. The Morgan fingerprint density at radius 1 is 0.744 bits per heavy atom. The minimum Gasteiger partial charge on any atom is -0.473 e. The summed E-state index contributed by atoms with van der Waals surface area (Å²) in [5.41, 5.74) is 8.60. The van der Waals surface area contributed by atoms with E-state index in [9.17, 15) is 38.7 Å². The van der Waals surface area contributed by atoms with Gasteiger partial charge < -0.3 is 51.8 Å². The Kier molecular flexibility index (Phi) is 17.9. The third-order valence-corrected chi connectivity index (χ3v) is 19.6. The van der Waals surface area contributed by atoms with E-state index in [1.54, 1.807) is 64.0 Å². The Balaban J connectivity index is 0.962. The van der Waals surface area contributed by atoms with E-state index in [4.69, 9.17) is 40.1 Å². The number of aliphatic imine (C=N–C) groups is 1. The fraction of sp³-hybridized carbons (Fsp3) is 0.327. The highest BCUT2D eigenvalue weighted by Gasteiger charge is 2.39. The van der Waals surface area contributed by atoms with Crippen molar-refractivity contribution in [2.45, 2.75) is 76.0 Å². The molecular formula is C55H53N15O10S6. The third-order valence-electron chi connectivity index (χ3n) is 14.0. The summed E-state index contributed by atoms with van der Waals surface area (Å²) in [5, 5.41) is 36.7. The van der Waals surface area contributed by atoms with Crippen LogP contribution in [-0.2, 0) is 35.3 Å². The SMILES string of the molecule is CNC(=O)C[C@@H]1NC(=O)c2csc(n2)-c2ccc(-c3nc(C4=N[C@@H](C(=O)N5CCC[C@H]5C(N)=O)CO4)cs3)nc2-c2csc(n2)-c2csc(n2)[C@@H]([C@H](O)c2ccccc2)NC(=O)CNC(=O)c2nc(sc2COC)[C@@H](C(C)C)NC(=O)c2csc1n2. The number of pyridine rings is 1. The first-order chi connectivity index (χ1) is 41.5. The largest absolute Gasteiger partial charge is 0.473 e. The summed E-state index contributed by atoms with van der Waals surface area (Å²) < 4.78 is 11.3. The molecule has 8 N–H and O–H groups in total. The zero-order chi connectivity index (χ0) is 60.3. The second-order valence-corrected chi connectivity index (χ2v) is 25.6. The molecule has 86 heavy (non-hydrogen) atoms. The van der Waals surface area contributed by atoms with Gasteiger partial charge in [-0.3, -0.25) is 33.6 Å². The Morgan fingerprint density at radius 3 is 2.19 bits per heavy atom.